The Morgan fingerprint density at radius 3 is 2.19 bits per heavy atom. The first kappa shape index (κ1) is 20.4. The number of benzene rings is 1. The lowest BCUT2D eigenvalue weighted by Gasteiger charge is -2.25. The average molecular weight is 421 g/mol. The zero-order valence-corrected chi connectivity index (χ0v) is 18.1. The van der Waals surface area contributed by atoms with Crippen LogP contribution in [0, 0.1) is 0 Å². The van der Waals surface area contributed by atoms with E-state index in [0.29, 0.717) is 0 Å². The van der Waals surface area contributed by atoms with Crippen molar-refractivity contribution in [3.05, 3.63) is 47.0 Å². The van der Waals surface area contributed by atoms with E-state index in [1.807, 2.05) is 0 Å². The number of H-pyrrole nitrogens is 1. The smallest absolute Gasteiger partial charge is 0.183 e. The minimum atomic E-state index is 0.728. The molecule has 3 aromatic rings. The molecule has 3 aliphatic rings. The number of aromatic amines is 1. The molecule has 0 unspecified atom stereocenters. The van der Waals surface area contributed by atoms with Crippen LogP contribution in [-0.2, 0) is 12.8 Å². The van der Waals surface area contributed by atoms with E-state index in [2.05, 4.69) is 50.1 Å². The van der Waals surface area contributed by atoms with Crippen molar-refractivity contribution in [1.29, 1.82) is 0 Å². The Morgan fingerprint density at radius 1 is 0.677 bits per heavy atom. The normalized spacial score (nSPS) is 18.9. The van der Waals surface area contributed by atoms with Crippen molar-refractivity contribution < 1.29 is 0 Å². The van der Waals surface area contributed by atoms with Crippen LogP contribution in [0.3, 0.4) is 0 Å². The van der Waals surface area contributed by atoms with Gasteiger partial charge in [-0.25, -0.2) is 15.0 Å². The van der Waals surface area contributed by atoms with Gasteiger partial charge in [-0.05, 0) is 43.6 Å². The summed E-state index contributed by atoms with van der Waals surface area (Å²) in [4.78, 5) is 20.6. The molecule has 3 aliphatic heterocycles. The zero-order chi connectivity index (χ0) is 20.9. The van der Waals surface area contributed by atoms with Crippen LogP contribution in [-0.4, -0.2) is 72.3 Å². The number of rotatable bonds is 1. The molecule has 0 atom stereocenters. The second kappa shape index (κ2) is 9.72. The lowest BCUT2D eigenvalue weighted by Crippen LogP contribution is -2.37. The van der Waals surface area contributed by atoms with Gasteiger partial charge in [0.25, 0.3) is 0 Å². The number of nitrogens with zero attached hydrogens (tertiary/aromatic N) is 4. The van der Waals surface area contributed by atoms with Crippen LogP contribution in [0.4, 0.5) is 5.82 Å². The van der Waals surface area contributed by atoms with E-state index in [9.17, 15) is 0 Å². The molecule has 1 aromatic carbocycles. The largest absolute Gasteiger partial charge is 0.353 e. The van der Waals surface area contributed by atoms with Crippen LogP contribution >= 0.6 is 0 Å². The first-order chi connectivity index (χ1) is 15.3. The highest BCUT2D eigenvalue weighted by atomic mass is 15.2. The number of fused-ring (bicyclic) bond motifs is 2. The SMILES string of the molecule is c1cc2ccc1Cc1nc(N3CCCNCCNCCCNCC3)c3[nH]c(nc3n1)C2. The zero-order valence-electron chi connectivity index (χ0n) is 18.1. The van der Waals surface area contributed by atoms with Crippen molar-refractivity contribution in [1.82, 2.24) is 35.9 Å². The summed E-state index contributed by atoms with van der Waals surface area (Å²) in [5, 5.41) is 10.6. The number of hydrogen-bond donors (Lipinski definition) is 4. The molecule has 0 amide bonds. The van der Waals surface area contributed by atoms with Crippen molar-refractivity contribution in [2.24, 2.45) is 0 Å². The van der Waals surface area contributed by atoms with Crippen molar-refractivity contribution >= 4 is 17.0 Å². The Morgan fingerprint density at radius 2 is 1.39 bits per heavy atom. The van der Waals surface area contributed by atoms with E-state index in [4.69, 9.17) is 15.0 Å². The quantitative estimate of drug-likeness (QED) is 0.368. The van der Waals surface area contributed by atoms with Crippen molar-refractivity contribution in [3.8, 4) is 0 Å². The Balaban J connectivity index is 1.45. The third-order valence-electron chi connectivity index (χ3n) is 6.01. The summed E-state index contributed by atoms with van der Waals surface area (Å²) in [7, 11) is 0. The van der Waals surface area contributed by atoms with Crippen molar-refractivity contribution in [3.63, 3.8) is 0 Å². The first-order valence-electron chi connectivity index (χ1n) is 11.6. The second-order valence-corrected chi connectivity index (χ2v) is 8.46. The van der Waals surface area contributed by atoms with E-state index >= 15 is 0 Å². The molecule has 0 radical (unpaired) electrons. The van der Waals surface area contributed by atoms with Gasteiger partial charge < -0.3 is 25.8 Å². The lowest BCUT2D eigenvalue weighted by molar-refractivity contribution is 0.548. The van der Waals surface area contributed by atoms with E-state index in [-0.39, 0.29) is 0 Å². The number of hydrogen-bond acceptors (Lipinski definition) is 7. The topological polar surface area (TPSA) is 93.8 Å². The van der Waals surface area contributed by atoms with Crippen LogP contribution in [0.25, 0.3) is 11.2 Å². The summed E-state index contributed by atoms with van der Waals surface area (Å²) in [6.45, 7) is 7.95. The molecule has 1 fully saturated rings. The molecule has 5 heterocycles. The van der Waals surface area contributed by atoms with Gasteiger partial charge in [0, 0.05) is 45.6 Å². The highest BCUT2D eigenvalue weighted by molar-refractivity contribution is 5.83. The molecule has 1 saturated heterocycles. The average Bonchev–Trinajstić information content (AvgIpc) is 3.16. The summed E-state index contributed by atoms with van der Waals surface area (Å²) in [6.07, 6.45) is 3.73. The van der Waals surface area contributed by atoms with Gasteiger partial charge in [-0.1, -0.05) is 24.3 Å². The molecule has 31 heavy (non-hydrogen) atoms. The van der Waals surface area contributed by atoms with Gasteiger partial charge in [-0.15, -0.1) is 0 Å². The molecular formula is C23H32N8. The lowest BCUT2D eigenvalue weighted by atomic mass is 10.1. The summed E-state index contributed by atoms with van der Waals surface area (Å²) in [5.41, 5.74) is 4.26. The van der Waals surface area contributed by atoms with Gasteiger partial charge >= 0.3 is 0 Å². The van der Waals surface area contributed by atoms with E-state index in [0.717, 1.165) is 107 Å². The predicted molar refractivity (Wildman–Crippen MR) is 124 cm³/mol. The minimum Gasteiger partial charge on any atom is -0.353 e. The molecule has 5 bridgehead atoms. The fourth-order valence-corrected chi connectivity index (χ4v) is 4.34. The number of nitrogens with one attached hydrogen (secondary N) is 4. The number of imidazole rings is 1. The Labute approximate surface area is 183 Å². The molecule has 0 aliphatic carbocycles. The van der Waals surface area contributed by atoms with E-state index in [1.54, 1.807) is 0 Å². The molecule has 6 rings (SSSR count). The van der Waals surface area contributed by atoms with Crippen molar-refractivity contribution in [2.75, 3.05) is 57.3 Å². The molecule has 0 saturated carbocycles. The van der Waals surface area contributed by atoms with E-state index < -0.39 is 0 Å². The maximum atomic E-state index is 5.04. The van der Waals surface area contributed by atoms with Gasteiger partial charge in [0.05, 0.1) is 0 Å². The van der Waals surface area contributed by atoms with Crippen LogP contribution < -0.4 is 20.9 Å². The minimum absolute atomic E-state index is 0.728. The fraction of sp³-hybridized carbons (Fsp3) is 0.522. The summed E-state index contributed by atoms with van der Waals surface area (Å²) < 4.78 is 0. The fourth-order valence-electron chi connectivity index (χ4n) is 4.34. The summed E-state index contributed by atoms with van der Waals surface area (Å²) in [6, 6.07) is 8.73. The summed E-state index contributed by atoms with van der Waals surface area (Å²) >= 11 is 0. The second-order valence-electron chi connectivity index (χ2n) is 8.46. The third kappa shape index (κ3) is 5.03. The van der Waals surface area contributed by atoms with Gasteiger partial charge in [0.15, 0.2) is 11.5 Å². The van der Waals surface area contributed by atoms with Gasteiger partial charge in [0.2, 0.25) is 0 Å². The standard InChI is InChI=1S/C23H32N8/c1-7-24-10-11-25-9-2-13-31(14-12-26-8-1)23-21-22-28-19(27-21)15-17-3-5-18(6-4-17)16-20(29-22)30-23/h3-6,24-26H,1-2,7-16H2,(H,27,28,29,30). The Kier molecular flexibility index (Phi) is 6.38. The molecular weight excluding hydrogens is 388 g/mol. The maximum absolute atomic E-state index is 5.04. The van der Waals surface area contributed by atoms with Crippen molar-refractivity contribution in [2.45, 2.75) is 25.7 Å². The van der Waals surface area contributed by atoms with Gasteiger partial charge in [0.1, 0.15) is 17.2 Å². The highest BCUT2D eigenvalue weighted by Crippen LogP contribution is 2.25. The first-order valence-corrected chi connectivity index (χ1v) is 11.6. The molecule has 4 N–H and O–H groups in total. The number of anilines is 1. The molecule has 0 spiro atoms. The van der Waals surface area contributed by atoms with Crippen LogP contribution in [0.1, 0.15) is 35.6 Å². The molecule has 8 heteroatoms. The molecule has 164 valence electrons. The van der Waals surface area contributed by atoms with E-state index in [1.165, 1.54) is 11.1 Å². The number of aromatic nitrogens is 4. The molecule has 8 nitrogen and oxygen atoms in total. The van der Waals surface area contributed by atoms with Gasteiger partial charge in [-0.2, -0.15) is 0 Å². The Bertz CT molecular complexity index is 983. The van der Waals surface area contributed by atoms with Crippen LogP contribution in [0.2, 0.25) is 0 Å². The maximum Gasteiger partial charge on any atom is 0.183 e. The molecule has 2 aromatic heterocycles. The van der Waals surface area contributed by atoms with Crippen LogP contribution in [0.5, 0.6) is 0 Å². The predicted octanol–water partition coefficient (Wildman–Crippen LogP) is 1.22. The third-order valence-corrected chi connectivity index (χ3v) is 6.01. The summed E-state index contributed by atoms with van der Waals surface area (Å²) in [5.74, 6) is 2.78. The van der Waals surface area contributed by atoms with Crippen LogP contribution in [0.15, 0.2) is 24.3 Å². The monoisotopic (exact) mass is 420 g/mol. The van der Waals surface area contributed by atoms with Gasteiger partial charge in [-0.3, -0.25) is 0 Å². The Hall–Kier alpha value is -2.55. The highest BCUT2D eigenvalue weighted by Gasteiger charge is 2.19.